The number of rotatable bonds is 4. The minimum atomic E-state index is -2.51. The first-order chi connectivity index (χ1) is 9.10. The fraction of sp³-hybridized carbons (Fsp3) is 0.286. The quantitative estimate of drug-likeness (QED) is 0.761. The molecule has 2 rings (SSSR count). The molecule has 19 heavy (non-hydrogen) atoms. The van der Waals surface area contributed by atoms with Gasteiger partial charge in [0.05, 0.1) is 0 Å². The van der Waals surface area contributed by atoms with Gasteiger partial charge in [-0.15, -0.1) is 0 Å². The van der Waals surface area contributed by atoms with E-state index in [2.05, 4.69) is 9.97 Å². The van der Waals surface area contributed by atoms with Crippen LogP contribution in [0.15, 0.2) is 30.3 Å². The zero-order chi connectivity index (χ0) is 13.8. The van der Waals surface area contributed by atoms with Gasteiger partial charge in [-0.3, -0.25) is 0 Å². The summed E-state index contributed by atoms with van der Waals surface area (Å²) in [4.78, 5) is 8.45. The lowest BCUT2D eigenvalue weighted by molar-refractivity contribution is 0.151. The second-order valence-corrected chi connectivity index (χ2v) is 4.57. The lowest BCUT2D eigenvalue weighted by Crippen LogP contribution is -1.96. The van der Waals surface area contributed by atoms with Crippen LogP contribution in [0, 0.1) is 0 Å². The van der Waals surface area contributed by atoms with E-state index >= 15 is 0 Å². The Balaban J connectivity index is 2.43. The van der Waals surface area contributed by atoms with Gasteiger partial charge < -0.3 is 0 Å². The monoisotopic (exact) mass is 282 g/mol. The summed E-state index contributed by atoms with van der Waals surface area (Å²) in [6, 6.07) is 7.75. The van der Waals surface area contributed by atoms with Crippen LogP contribution in [-0.4, -0.2) is 9.97 Å². The first-order valence-electron chi connectivity index (χ1n) is 6.02. The van der Waals surface area contributed by atoms with Crippen molar-refractivity contribution in [1.29, 1.82) is 0 Å². The average molecular weight is 283 g/mol. The minimum absolute atomic E-state index is 0.0434. The number of hydrogen-bond acceptors (Lipinski definition) is 2. The molecular weight excluding hydrogens is 270 g/mol. The van der Waals surface area contributed by atoms with Crippen LogP contribution in [0.25, 0.3) is 11.4 Å². The first kappa shape index (κ1) is 13.9. The second kappa shape index (κ2) is 6.06. The molecule has 0 aliphatic heterocycles. The number of aryl methyl sites for hydroxylation is 1. The molecule has 1 aromatic heterocycles. The number of halogens is 3. The molecule has 0 amide bonds. The average Bonchev–Trinajstić information content (AvgIpc) is 2.38. The van der Waals surface area contributed by atoms with Gasteiger partial charge in [-0.05, 0) is 18.6 Å². The van der Waals surface area contributed by atoms with Gasteiger partial charge in [0.25, 0.3) is 6.43 Å². The van der Waals surface area contributed by atoms with E-state index < -0.39 is 6.43 Å². The van der Waals surface area contributed by atoms with Crippen molar-refractivity contribution in [3.05, 3.63) is 46.7 Å². The van der Waals surface area contributed by atoms with Gasteiger partial charge in [0, 0.05) is 16.8 Å². The van der Waals surface area contributed by atoms with E-state index in [9.17, 15) is 8.78 Å². The Bertz CT molecular complexity index is 573. The zero-order valence-corrected chi connectivity index (χ0v) is 11.2. The zero-order valence-electron chi connectivity index (χ0n) is 10.4. The lowest BCUT2D eigenvalue weighted by atomic mass is 10.1. The Morgan fingerprint density at radius 1 is 1.21 bits per heavy atom. The van der Waals surface area contributed by atoms with E-state index in [1.807, 2.05) is 6.92 Å². The van der Waals surface area contributed by atoms with Crippen molar-refractivity contribution in [3.63, 3.8) is 0 Å². The van der Waals surface area contributed by atoms with Crippen LogP contribution in [0.3, 0.4) is 0 Å². The molecule has 0 saturated carbocycles. The van der Waals surface area contributed by atoms with Crippen molar-refractivity contribution < 1.29 is 8.78 Å². The fourth-order valence-electron chi connectivity index (χ4n) is 1.79. The highest BCUT2D eigenvalue weighted by Crippen LogP contribution is 2.24. The third-order valence-electron chi connectivity index (χ3n) is 2.65. The van der Waals surface area contributed by atoms with Gasteiger partial charge in [-0.1, -0.05) is 43.1 Å². The molecule has 0 N–H and O–H groups in total. The van der Waals surface area contributed by atoms with Crippen LogP contribution in [-0.2, 0) is 6.42 Å². The predicted molar refractivity (Wildman–Crippen MR) is 71.4 cm³/mol. The first-order valence-corrected chi connectivity index (χ1v) is 6.40. The summed E-state index contributed by atoms with van der Waals surface area (Å²) >= 11 is 5.94. The summed E-state index contributed by atoms with van der Waals surface area (Å²) in [5.41, 5.74) is 1.33. The van der Waals surface area contributed by atoms with Crippen LogP contribution in [0.5, 0.6) is 0 Å². The molecule has 1 heterocycles. The van der Waals surface area contributed by atoms with Crippen LogP contribution in [0.2, 0.25) is 5.15 Å². The summed E-state index contributed by atoms with van der Waals surface area (Å²) < 4.78 is 25.4. The van der Waals surface area contributed by atoms with E-state index in [0.29, 0.717) is 16.5 Å². The molecule has 0 spiro atoms. The Labute approximate surface area is 115 Å². The van der Waals surface area contributed by atoms with Crippen LogP contribution in [0.1, 0.15) is 31.0 Å². The van der Waals surface area contributed by atoms with Crippen LogP contribution in [0.4, 0.5) is 8.78 Å². The standard InChI is InChI=1S/C14H13ClF2N2/c1-2-4-11-8-12(15)19-14(18-11)10-6-3-5-9(7-10)13(16)17/h3,5-8,13H,2,4H2,1H3. The maximum absolute atomic E-state index is 12.7. The third-order valence-corrected chi connectivity index (χ3v) is 2.84. The molecule has 2 nitrogen and oxygen atoms in total. The van der Waals surface area contributed by atoms with Crippen molar-refractivity contribution in [2.45, 2.75) is 26.2 Å². The molecule has 0 saturated heterocycles. The van der Waals surface area contributed by atoms with E-state index in [0.717, 1.165) is 18.5 Å². The van der Waals surface area contributed by atoms with Gasteiger partial charge in [-0.2, -0.15) is 0 Å². The number of alkyl halides is 2. The molecule has 0 aliphatic rings. The van der Waals surface area contributed by atoms with Crippen LogP contribution >= 0.6 is 11.6 Å². The second-order valence-electron chi connectivity index (χ2n) is 4.18. The van der Waals surface area contributed by atoms with E-state index in [-0.39, 0.29) is 5.56 Å². The molecule has 5 heteroatoms. The number of hydrogen-bond donors (Lipinski definition) is 0. The Morgan fingerprint density at radius 3 is 2.68 bits per heavy atom. The van der Waals surface area contributed by atoms with Gasteiger partial charge in [0.15, 0.2) is 5.82 Å². The van der Waals surface area contributed by atoms with E-state index in [1.54, 1.807) is 18.2 Å². The Morgan fingerprint density at radius 2 is 2.00 bits per heavy atom. The molecular formula is C14H13ClF2N2. The SMILES string of the molecule is CCCc1cc(Cl)nc(-c2cccc(C(F)F)c2)n1. The van der Waals surface area contributed by atoms with E-state index in [1.165, 1.54) is 12.1 Å². The van der Waals surface area contributed by atoms with Gasteiger partial charge in [0.2, 0.25) is 0 Å². The molecule has 0 aliphatic carbocycles. The van der Waals surface area contributed by atoms with Crippen molar-refractivity contribution in [1.82, 2.24) is 9.97 Å². The molecule has 0 radical (unpaired) electrons. The third kappa shape index (κ3) is 3.47. The normalized spacial score (nSPS) is 11.0. The molecule has 0 atom stereocenters. The van der Waals surface area contributed by atoms with Crippen molar-refractivity contribution in [2.75, 3.05) is 0 Å². The Hall–Kier alpha value is -1.55. The van der Waals surface area contributed by atoms with Gasteiger partial charge in [-0.25, -0.2) is 18.7 Å². The summed E-state index contributed by atoms with van der Waals surface area (Å²) in [7, 11) is 0. The number of benzene rings is 1. The largest absolute Gasteiger partial charge is 0.263 e. The van der Waals surface area contributed by atoms with Crippen LogP contribution < -0.4 is 0 Å². The topological polar surface area (TPSA) is 25.8 Å². The van der Waals surface area contributed by atoms with E-state index in [4.69, 9.17) is 11.6 Å². The van der Waals surface area contributed by atoms with Gasteiger partial charge in [0.1, 0.15) is 5.15 Å². The highest BCUT2D eigenvalue weighted by atomic mass is 35.5. The van der Waals surface area contributed by atoms with Crippen molar-refractivity contribution in [2.24, 2.45) is 0 Å². The lowest BCUT2D eigenvalue weighted by Gasteiger charge is -2.06. The summed E-state index contributed by atoms with van der Waals surface area (Å²) in [6.45, 7) is 2.03. The maximum Gasteiger partial charge on any atom is 0.263 e. The molecule has 2 aromatic rings. The smallest absolute Gasteiger partial charge is 0.233 e. The Kier molecular flexibility index (Phi) is 4.43. The van der Waals surface area contributed by atoms with Gasteiger partial charge >= 0.3 is 0 Å². The summed E-state index contributed by atoms with van der Waals surface area (Å²) in [6.07, 6.45) is -0.789. The highest BCUT2D eigenvalue weighted by Gasteiger charge is 2.10. The summed E-state index contributed by atoms with van der Waals surface area (Å²) in [5, 5.41) is 0.330. The number of nitrogens with zero attached hydrogens (tertiary/aromatic N) is 2. The molecule has 0 bridgehead atoms. The maximum atomic E-state index is 12.7. The van der Waals surface area contributed by atoms with Crippen molar-refractivity contribution in [3.8, 4) is 11.4 Å². The van der Waals surface area contributed by atoms with Crippen molar-refractivity contribution >= 4 is 11.6 Å². The predicted octanol–water partition coefficient (Wildman–Crippen LogP) is 4.69. The fourth-order valence-corrected chi connectivity index (χ4v) is 2.00. The minimum Gasteiger partial charge on any atom is -0.233 e. The highest BCUT2D eigenvalue weighted by molar-refractivity contribution is 6.29. The summed E-state index contributed by atoms with van der Waals surface area (Å²) in [5.74, 6) is 0.387. The molecule has 0 fully saturated rings. The number of aromatic nitrogens is 2. The molecule has 1 aromatic carbocycles. The molecule has 100 valence electrons. The molecule has 0 unspecified atom stereocenters.